The molecule has 0 amide bonds. The van der Waals surface area contributed by atoms with E-state index in [0.717, 1.165) is 17.0 Å². The Morgan fingerprint density at radius 3 is 2.38 bits per heavy atom. The van der Waals surface area contributed by atoms with Crippen molar-refractivity contribution in [2.75, 3.05) is 0 Å². The molecule has 0 aliphatic rings. The topological polar surface area (TPSA) is 24.7 Å². The number of benzene rings is 1. The van der Waals surface area contributed by atoms with E-state index >= 15 is 0 Å². The summed E-state index contributed by atoms with van der Waals surface area (Å²) < 4.78 is 13.8. The molecule has 0 aliphatic heterocycles. The van der Waals surface area contributed by atoms with Gasteiger partial charge in [0, 0.05) is 18.0 Å². The fourth-order valence-corrected chi connectivity index (χ4v) is 1.95. The second-order valence-corrected chi connectivity index (χ2v) is 5.16. The first-order valence-electron chi connectivity index (χ1n) is 6.70. The van der Waals surface area contributed by atoms with Gasteiger partial charge in [-0.2, -0.15) is 0 Å². The normalized spacial score (nSPS) is 14.1. The zero-order valence-corrected chi connectivity index (χ0v) is 13.8. The molecule has 4 heteroatoms. The van der Waals surface area contributed by atoms with Crippen molar-refractivity contribution < 1.29 is 4.39 Å². The molecular weight excluding hydrogens is 287 g/mol. The van der Waals surface area contributed by atoms with Gasteiger partial charge >= 0.3 is 0 Å². The molecule has 0 spiro atoms. The molecule has 0 aliphatic carbocycles. The van der Waals surface area contributed by atoms with Crippen LogP contribution in [0.3, 0.4) is 0 Å². The molecule has 0 unspecified atom stereocenters. The van der Waals surface area contributed by atoms with Crippen molar-refractivity contribution in [3.05, 3.63) is 52.6 Å². The van der Waals surface area contributed by atoms with Gasteiger partial charge in [-0.1, -0.05) is 29.8 Å². The lowest BCUT2D eigenvalue weighted by molar-refractivity contribution is 0.618. The minimum Gasteiger partial charge on any atom is -0.260 e. The molecule has 1 rings (SSSR count). The zero-order chi connectivity index (χ0) is 16.0. The van der Waals surface area contributed by atoms with Gasteiger partial charge in [0.2, 0.25) is 0 Å². The lowest BCUT2D eigenvalue weighted by Crippen LogP contribution is -2.04. The van der Waals surface area contributed by atoms with Crippen LogP contribution in [0.2, 0.25) is 5.02 Å². The van der Waals surface area contributed by atoms with Crippen LogP contribution in [0.1, 0.15) is 38.8 Å². The van der Waals surface area contributed by atoms with Crippen LogP contribution >= 0.6 is 11.6 Å². The van der Waals surface area contributed by atoms with Crippen molar-refractivity contribution >= 4 is 28.6 Å². The van der Waals surface area contributed by atoms with E-state index in [2.05, 4.69) is 9.98 Å². The Morgan fingerprint density at radius 1 is 1.14 bits per heavy atom. The standard InChI is InChI=1S/C17H20ClFN2/c1-6-9-20-13(4)14(5)21-10-12(3)15-8-7-11(2)17(19)16(15)18/h6-10H,1-5H3/b9-6-,12-10+,20-13-,21-14+. The molecule has 21 heavy (non-hydrogen) atoms. The highest BCUT2D eigenvalue weighted by atomic mass is 35.5. The molecule has 0 heterocycles. The molecule has 0 saturated heterocycles. The molecule has 0 atom stereocenters. The molecule has 0 N–H and O–H groups in total. The van der Waals surface area contributed by atoms with Crippen molar-refractivity contribution in [1.29, 1.82) is 0 Å². The van der Waals surface area contributed by atoms with Gasteiger partial charge in [0.05, 0.1) is 16.4 Å². The number of allylic oxidation sites excluding steroid dienone is 2. The highest BCUT2D eigenvalue weighted by molar-refractivity contribution is 6.40. The first-order chi connectivity index (χ1) is 9.88. The maximum Gasteiger partial charge on any atom is 0.145 e. The maximum atomic E-state index is 13.8. The van der Waals surface area contributed by atoms with Crippen molar-refractivity contribution in [2.24, 2.45) is 9.98 Å². The molecule has 0 saturated carbocycles. The Labute approximate surface area is 130 Å². The van der Waals surface area contributed by atoms with Gasteiger partial charge < -0.3 is 0 Å². The summed E-state index contributed by atoms with van der Waals surface area (Å²) in [5, 5.41) is 0.135. The highest BCUT2D eigenvalue weighted by Crippen LogP contribution is 2.28. The summed E-state index contributed by atoms with van der Waals surface area (Å²) in [7, 11) is 0. The molecule has 112 valence electrons. The van der Waals surface area contributed by atoms with E-state index < -0.39 is 0 Å². The zero-order valence-electron chi connectivity index (χ0n) is 13.0. The molecule has 0 radical (unpaired) electrons. The van der Waals surface area contributed by atoms with Gasteiger partial charge in [0.15, 0.2) is 0 Å². The van der Waals surface area contributed by atoms with Gasteiger partial charge in [0.1, 0.15) is 5.82 Å². The van der Waals surface area contributed by atoms with E-state index in [1.54, 1.807) is 31.5 Å². The number of hydrogen-bond donors (Lipinski definition) is 0. The number of rotatable bonds is 4. The minimum absolute atomic E-state index is 0.135. The van der Waals surface area contributed by atoms with E-state index in [0.29, 0.717) is 11.1 Å². The Bertz CT molecular complexity index is 640. The van der Waals surface area contributed by atoms with E-state index in [-0.39, 0.29) is 10.8 Å². The molecule has 2 nitrogen and oxygen atoms in total. The lowest BCUT2D eigenvalue weighted by atomic mass is 10.1. The predicted molar refractivity (Wildman–Crippen MR) is 90.8 cm³/mol. The second-order valence-electron chi connectivity index (χ2n) is 4.78. The molecule has 0 aromatic heterocycles. The van der Waals surface area contributed by atoms with Gasteiger partial charge in [-0.15, -0.1) is 0 Å². The van der Waals surface area contributed by atoms with Crippen LogP contribution in [-0.2, 0) is 0 Å². The van der Waals surface area contributed by atoms with Crippen LogP contribution in [-0.4, -0.2) is 11.4 Å². The van der Waals surface area contributed by atoms with E-state index in [1.807, 2.05) is 33.8 Å². The molecule has 0 bridgehead atoms. The van der Waals surface area contributed by atoms with Gasteiger partial charge in [-0.25, -0.2) is 4.39 Å². The van der Waals surface area contributed by atoms with Crippen LogP contribution in [0.5, 0.6) is 0 Å². The number of halogens is 2. The van der Waals surface area contributed by atoms with E-state index in [4.69, 9.17) is 11.6 Å². The Balaban J connectivity index is 3.09. The number of aliphatic imine (C=N–C) groups is 2. The summed E-state index contributed by atoms with van der Waals surface area (Å²) >= 11 is 6.04. The Hall–Kier alpha value is -1.74. The number of hydrogen-bond acceptors (Lipinski definition) is 2. The van der Waals surface area contributed by atoms with Crippen LogP contribution in [0.25, 0.3) is 5.57 Å². The Kier molecular flexibility index (Phi) is 6.50. The number of nitrogens with zero attached hydrogens (tertiary/aromatic N) is 2. The van der Waals surface area contributed by atoms with E-state index in [1.165, 1.54) is 0 Å². The largest absolute Gasteiger partial charge is 0.260 e. The van der Waals surface area contributed by atoms with Crippen molar-refractivity contribution in [3.8, 4) is 0 Å². The molecular formula is C17H20ClFN2. The second kappa shape index (κ2) is 7.89. The summed E-state index contributed by atoms with van der Waals surface area (Å²) in [6.45, 7) is 9.21. The predicted octanol–water partition coefficient (Wildman–Crippen LogP) is 5.60. The maximum absolute atomic E-state index is 13.8. The minimum atomic E-state index is -0.381. The van der Waals surface area contributed by atoms with E-state index in [9.17, 15) is 4.39 Å². The van der Waals surface area contributed by atoms with Gasteiger partial charge in [-0.3, -0.25) is 9.98 Å². The highest BCUT2D eigenvalue weighted by Gasteiger charge is 2.10. The smallest absolute Gasteiger partial charge is 0.145 e. The Morgan fingerprint density at radius 2 is 1.76 bits per heavy atom. The first-order valence-corrected chi connectivity index (χ1v) is 7.08. The van der Waals surface area contributed by atoms with Crippen molar-refractivity contribution in [3.63, 3.8) is 0 Å². The summed E-state index contributed by atoms with van der Waals surface area (Å²) in [6.07, 6.45) is 5.25. The van der Waals surface area contributed by atoms with Crippen LogP contribution in [0.4, 0.5) is 4.39 Å². The van der Waals surface area contributed by atoms with Crippen LogP contribution in [0.15, 0.2) is 40.6 Å². The molecule has 1 aromatic rings. The third-order valence-electron chi connectivity index (χ3n) is 3.09. The SMILES string of the molecule is C\C=C/N=C(C)\C(C)=N\C=C(/C)c1ccc(C)c(F)c1Cl. The van der Waals surface area contributed by atoms with Crippen molar-refractivity contribution in [2.45, 2.75) is 34.6 Å². The summed E-state index contributed by atoms with van der Waals surface area (Å²) in [4.78, 5) is 8.58. The lowest BCUT2D eigenvalue weighted by Gasteiger charge is -2.07. The average molecular weight is 307 g/mol. The molecule has 1 aromatic carbocycles. The monoisotopic (exact) mass is 306 g/mol. The average Bonchev–Trinajstić information content (AvgIpc) is 2.47. The van der Waals surface area contributed by atoms with Gasteiger partial charge in [0.25, 0.3) is 0 Å². The molecule has 0 fully saturated rings. The third-order valence-corrected chi connectivity index (χ3v) is 3.46. The van der Waals surface area contributed by atoms with Crippen LogP contribution in [0, 0.1) is 12.7 Å². The first kappa shape index (κ1) is 17.3. The summed E-state index contributed by atoms with van der Waals surface area (Å²) in [6, 6.07) is 3.52. The number of aryl methyl sites for hydroxylation is 1. The van der Waals surface area contributed by atoms with Crippen LogP contribution < -0.4 is 0 Å². The van der Waals surface area contributed by atoms with Crippen molar-refractivity contribution in [1.82, 2.24) is 0 Å². The fraction of sp³-hybridized carbons (Fsp3) is 0.294. The van der Waals surface area contributed by atoms with Gasteiger partial charge in [-0.05, 0) is 45.8 Å². The summed E-state index contributed by atoms with van der Waals surface area (Å²) in [5.74, 6) is -0.381. The fourth-order valence-electron chi connectivity index (χ4n) is 1.59. The quantitative estimate of drug-likeness (QED) is 0.646. The summed E-state index contributed by atoms with van der Waals surface area (Å²) in [5.41, 5.74) is 3.62. The third kappa shape index (κ3) is 4.64.